The Kier molecular flexibility index (Phi) is 4.57. The Morgan fingerprint density at radius 2 is 2.25 bits per heavy atom. The predicted octanol–water partition coefficient (Wildman–Crippen LogP) is 1.38. The van der Waals surface area contributed by atoms with Crippen molar-refractivity contribution in [2.45, 2.75) is 20.3 Å². The first kappa shape index (κ1) is 12.3. The van der Waals surface area contributed by atoms with Crippen LogP contribution in [-0.4, -0.2) is 30.1 Å². The monoisotopic (exact) mass is 224 g/mol. The van der Waals surface area contributed by atoms with Gasteiger partial charge in [0.2, 0.25) is 5.91 Å². The number of hydrogen-bond acceptors (Lipinski definition) is 3. The Bertz CT molecular complexity index is 334. The van der Waals surface area contributed by atoms with Crippen molar-refractivity contribution < 1.29 is 14.3 Å². The van der Waals surface area contributed by atoms with Crippen LogP contribution in [0.25, 0.3) is 0 Å². The van der Waals surface area contributed by atoms with Gasteiger partial charge in [0.1, 0.15) is 0 Å². The zero-order chi connectivity index (χ0) is 12.0. The number of nitrogens with one attached hydrogen (secondary N) is 1. The molecule has 5 nitrogen and oxygen atoms in total. The highest BCUT2D eigenvalue weighted by Gasteiger charge is 2.13. The van der Waals surface area contributed by atoms with Gasteiger partial charge in [0, 0.05) is 24.9 Å². The molecule has 0 saturated heterocycles. The Morgan fingerprint density at radius 1 is 1.50 bits per heavy atom. The molecule has 0 spiro atoms. The molecule has 16 heavy (non-hydrogen) atoms. The molecule has 1 heterocycles. The summed E-state index contributed by atoms with van der Waals surface area (Å²) in [6, 6.07) is 0. The standard InChI is InChI=1S/C11H16N2O3/c1-3-10(14)12-9-5-7-13(8-6-9)11(15)16-4-2/h5-7H,3-4,8H2,1-2H3,(H,12,14). The molecule has 1 aliphatic heterocycles. The molecule has 0 aromatic heterocycles. The zero-order valence-electron chi connectivity index (χ0n) is 9.53. The van der Waals surface area contributed by atoms with Crippen LogP contribution in [0.5, 0.6) is 0 Å². The first-order chi connectivity index (χ1) is 7.67. The third kappa shape index (κ3) is 3.42. The first-order valence-electron chi connectivity index (χ1n) is 5.29. The molecular formula is C11H16N2O3. The van der Waals surface area contributed by atoms with Crippen LogP contribution in [0.1, 0.15) is 20.3 Å². The van der Waals surface area contributed by atoms with E-state index in [0.29, 0.717) is 25.3 Å². The van der Waals surface area contributed by atoms with Crippen molar-refractivity contribution in [3.05, 3.63) is 24.0 Å². The van der Waals surface area contributed by atoms with E-state index in [1.807, 2.05) is 0 Å². The lowest BCUT2D eigenvalue weighted by Crippen LogP contribution is -2.31. The van der Waals surface area contributed by atoms with Crippen molar-refractivity contribution in [2.24, 2.45) is 0 Å². The summed E-state index contributed by atoms with van der Waals surface area (Å²) in [6.07, 6.45) is 5.10. The van der Waals surface area contributed by atoms with Gasteiger partial charge in [-0.05, 0) is 19.1 Å². The quantitative estimate of drug-likeness (QED) is 0.788. The average Bonchev–Trinajstić information content (AvgIpc) is 2.30. The van der Waals surface area contributed by atoms with Crippen molar-refractivity contribution in [1.29, 1.82) is 0 Å². The van der Waals surface area contributed by atoms with E-state index in [4.69, 9.17) is 4.74 Å². The number of nitrogens with zero attached hydrogens (tertiary/aromatic N) is 1. The van der Waals surface area contributed by atoms with Crippen LogP contribution in [0.2, 0.25) is 0 Å². The average molecular weight is 224 g/mol. The lowest BCUT2D eigenvalue weighted by molar-refractivity contribution is -0.120. The highest BCUT2D eigenvalue weighted by atomic mass is 16.6. The first-order valence-corrected chi connectivity index (χ1v) is 5.29. The minimum atomic E-state index is -0.379. The van der Waals surface area contributed by atoms with Gasteiger partial charge >= 0.3 is 6.09 Å². The SMILES string of the molecule is CCOC(=O)N1C=CC(NC(=O)CC)=CC1. The van der Waals surface area contributed by atoms with E-state index in [-0.39, 0.29) is 12.0 Å². The fraction of sp³-hybridized carbons (Fsp3) is 0.455. The lowest BCUT2D eigenvalue weighted by atomic mass is 10.3. The fourth-order valence-electron chi connectivity index (χ4n) is 1.18. The van der Waals surface area contributed by atoms with Gasteiger partial charge in [-0.3, -0.25) is 9.69 Å². The second-order valence-electron chi connectivity index (χ2n) is 3.23. The number of rotatable bonds is 3. The fourth-order valence-corrected chi connectivity index (χ4v) is 1.18. The third-order valence-electron chi connectivity index (χ3n) is 2.05. The maximum Gasteiger partial charge on any atom is 0.414 e. The maximum atomic E-state index is 11.3. The third-order valence-corrected chi connectivity index (χ3v) is 2.05. The largest absolute Gasteiger partial charge is 0.449 e. The van der Waals surface area contributed by atoms with Gasteiger partial charge in [0.25, 0.3) is 0 Å². The molecule has 1 aliphatic rings. The van der Waals surface area contributed by atoms with Crippen LogP contribution in [0, 0.1) is 0 Å². The van der Waals surface area contributed by atoms with E-state index in [0.717, 1.165) is 0 Å². The van der Waals surface area contributed by atoms with Crippen molar-refractivity contribution in [1.82, 2.24) is 10.2 Å². The number of ether oxygens (including phenoxy) is 1. The smallest absolute Gasteiger partial charge is 0.414 e. The number of hydrogen-bond donors (Lipinski definition) is 1. The van der Waals surface area contributed by atoms with E-state index >= 15 is 0 Å². The van der Waals surface area contributed by atoms with E-state index in [9.17, 15) is 9.59 Å². The minimum absolute atomic E-state index is 0.0412. The zero-order valence-corrected chi connectivity index (χ0v) is 9.53. The Hall–Kier alpha value is -1.78. The van der Waals surface area contributed by atoms with Gasteiger partial charge < -0.3 is 10.1 Å². The summed E-state index contributed by atoms with van der Waals surface area (Å²) in [4.78, 5) is 23.9. The molecule has 1 N–H and O–H groups in total. The van der Waals surface area contributed by atoms with Gasteiger partial charge in [0.15, 0.2) is 0 Å². The van der Waals surface area contributed by atoms with Gasteiger partial charge in [-0.2, -0.15) is 0 Å². The summed E-state index contributed by atoms with van der Waals surface area (Å²) in [5.41, 5.74) is 0.715. The summed E-state index contributed by atoms with van der Waals surface area (Å²) >= 11 is 0. The maximum absolute atomic E-state index is 11.3. The van der Waals surface area contributed by atoms with E-state index in [2.05, 4.69) is 5.32 Å². The van der Waals surface area contributed by atoms with E-state index < -0.39 is 0 Å². The molecule has 0 aromatic rings. The second kappa shape index (κ2) is 5.95. The molecule has 0 atom stereocenters. The molecule has 0 unspecified atom stereocenters. The van der Waals surface area contributed by atoms with E-state index in [1.54, 1.807) is 32.2 Å². The van der Waals surface area contributed by atoms with Crippen molar-refractivity contribution >= 4 is 12.0 Å². The molecule has 0 aliphatic carbocycles. The molecule has 0 fully saturated rings. The van der Waals surface area contributed by atoms with Crippen molar-refractivity contribution in [3.63, 3.8) is 0 Å². The molecule has 0 aromatic carbocycles. The van der Waals surface area contributed by atoms with Crippen LogP contribution in [-0.2, 0) is 9.53 Å². The summed E-state index contributed by atoms with van der Waals surface area (Å²) in [5, 5.41) is 2.72. The Labute approximate surface area is 94.7 Å². The van der Waals surface area contributed by atoms with Gasteiger partial charge in [0.05, 0.1) is 6.61 Å². The number of amides is 2. The van der Waals surface area contributed by atoms with Crippen molar-refractivity contribution in [3.8, 4) is 0 Å². The summed E-state index contributed by atoms with van der Waals surface area (Å²) in [6.45, 7) is 4.31. The second-order valence-corrected chi connectivity index (χ2v) is 3.23. The van der Waals surface area contributed by atoms with Crippen LogP contribution in [0.15, 0.2) is 24.0 Å². The van der Waals surface area contributed by atoms with Crippen LogP contribution >= 0.6 is 0 Å². The molecule has 1 rings (SSSR count). The molecule has 0 bridgehead atoms. The van der Waals surface area contributed by atoms with E-state index in [1.165, 1.54) is 4.90 Å². The molecular weight excluding hydrogens is 208 g/mol. The number of allylic oxidation sites excluding steroid dienone is 1. The van der Waals surface area contributed by atoms with Crippen LogP contribution < -0.4 is 5.32 Å². The molecule has 0 saturated carbocycles. The summed E-state index contributed by atoms with van der Waals surface area (Å²) in [5.74, 6) is -0.0412. The normalized spacial score (nSPS) is 14.4. The summed E-state index contributed by atoms with van der Waals surface area (Å²) in [7, 11) is 0. The Morgan fingerprint density at radius 3 is 2.75 bits per heavy atom. The Balaban J connectivity index is 2.46. The lowest BCUT2D eigenvalue weighted by Gasteiger charge is -2.20. The van der Waals surface area contributed by atoms with Crippen molar-refractivity contribution in [2.75, 3.05) is 13.2 Å². The topological polar surface area (TPSA) is 58.6 Å². The van der Waals surface area contributed by atoms with Gasteiger partial charge in [-0.15, -0.1) is 0 Å². The highest BCUT2D eigenvalue weighted by Crippen LogP contribution is 2.06. The van der Waals surface area contributed by atoms with Crippen LogP contribution in [0.4, 0.5) is 4.79 Å². The number of carbonyl (C=O) groups excluding carboxylic acids is 2. The predicted molar refractivity (Wildman–Crippen MR) is 59.4 cm³/mol. The van der Waals surface area contributed by atoms with Gasteiger partial charge in [-0.25, -0.2) is 4.79 Å². The van der Waals surface area contributed by atoms with Crippen LogP contribution in [0.3, 0.4) is 0 Å². The summed E-state index contributed by atoms with van der Waals surface area (Å²) < 4.78 is 4.84. The number of carbonyl (C=O) groups is 2. The molecule has 5 heteroatoms. The van der Waals surface area contributed by atoms with Gasteiger partial charge in [-0.1, -0.05) is 6.92 Å². The molecule has 0 radical (unpaired) electrons. The highest BCUT2D eigenvalue weighted by molar-refractivity contribution is 5.78. The minimum Gasteiger partial charge on any atom is -0.449 e. The molecule has 88 valence electrons. The molecule has 2 amide bonds.